The zero-order valence-corrected chi connectivity index (χ0v) is 12.7. The van der Waals surface area contributed by atoms with Gasteiger partial charge in [0.25, 0.3) is 0 Å². The number of hydrogen-bond donors (Lipinski definition) is 1. The Hall–Kier alpha value is -0.870. The second-order valence-electron chi connectivity index (χ2n) is 6.34. The molecule has 1 aromatic rings. The van der Waals surface area contributed by atoms with Crippen LogP contribution in [0.4, 0.5) is 0 Å². The van der Waals surface area contributed by atoms with Crippen LogP contribution in [0.15, 0.2) is 12.4 Å². The number of aromatic nitrogens is 2. The quantitative estimate of drug-likeness (QED) is 0.908. The van der Waals surface area contributed by atoms with Crippen LogP contribution in [-0.2, 0) is 0 Å². The van der Waals surface area contributed by atoms with Gasteiger partial charge >= 0.3 is 0 Å². The fraction of sp³-hybridized carbons (Fsp3) is 0.800. The molecule has 0 spiro atoms. The van der Waals surface area contributed by atoms with E-state index < -0.39 is 0 Å². The monoisotopic (exact) mass is 264 g/mol. The van der Waals surface area contributed by atoms with Gasteiger partial charge in [0, 0.05) is 30.9 Å². The van der Waals surface area contributed by atoms with E-state index in [9.17, 15) is 0 Å². The smallest absolute Gasteiger partial charge is 0.0538 e. The maximum atomic E-state index is 6.02. The molecule has 2 rings (SSSR count). The lowest BCUT2D eigenvalue weighted by atomic mass is 9.87. The SMILES string of the molecule is CC1CCN(C(CN)c2cnn(C(C)C)c2)CC1C. The summed E-state index contributed by atoms with van der Waals surface area (Å²) in [5.74, 6) is 1.58. The van der Waals surface area contributed by atoms with Gasteiger partial charge in [0.1, 0.15) is 0 Å². The van der Waals surface area contributed by atoms with Crippen LogP contribution in [0.2, 0.25) is 0 Å². The lowest BCUT2D eigenvalue weighted by molar-refractivity contribution is 0.0982. The molecule has 3 unspecified atom stereocenters. The molecule has 2 N–H and O–H groups in total. The number of piperidine rings is 1. The number of rotatable bonds is 4. The van der Waals surface area contributed by atoms with Crippen LogP contribution in [0.3, 0.4) is 0 Å². The minimum Gasteiger partial charge on any atom is -0.329 e. The van der Waals surface area contributed by atoms with Crippen molar-refractivity contribution in [3.63, 3.8) is 0 Å². The summed E-state index contributed by atoms with van der Waals surface area (Å²) in [6.07, 6.45) is 5.42. The van der Waals surface area contributed by atoms with Crippen LogP contribution in [-0.4, -0.2) is 34.3 Å². The highest BCUT2D eigenvalue weighted by Gasteiger charge is 2.28. The highest BCUT2D eigenvalue weighted by atomic mass is 15.3. The highest BCUT2D eigenvalue weighted by Crippen LogP contribution is 2.29. The first-order valence-corrected chi connectivity index (χ1v) is 7.51. The molecule has 0 bridgehead atoms. The Bertz CT molecular complexity index is 399. The molecule has 1 aromatic heterocycles. The predicted molar refractivity (Wildman–Crippen MR) is 78.9 cm³/mol. The van der Waals surface area contributed by atoms with Crippen LogP contribution in [0, 0.1) is 11.8 Å². The third-order valence-electron chi connectivity index (χ3n) is 4.56. The molecule has 1 saturated heterocycles. The van der Waals surface area contributed by atoms with E-state index in [-0.39, 0.29) is 0 Å². The normalized spacial score (nSPS) is 26.8. The zero-order valence-electron chi connectivity index (χ0n) is 12.7. The fourth-order valence-electron chi connectivity index (χ4n) is 2.88. The van der Waals surface area contributed by atoms with Gasteiger partial charge in [0.2, 0.25) is 0 Å². The van der Waals surface area contributed by atoms with Crippen molar-refractivity contribution in [1.29, 1.82) is 0 Å². The Kier molecular flexibility index (Phi) is 4.63. The summed E-state index contributed by atoms with van der Waals surface area (Å²) in [6, 6.07) is 0.731. The van der Waals surface area contributed by atoms with Gasteiger partial charge < -0.3 is 5.73 Å². The van der Waals surface area contributed by atoms with Gasteiger partial charge in [-0.15, -0.1) is 0 Å². The summed E-state index contributed by atoms with van der Waals surface area (Å²) in [5.41, 5.74) is 7.28. The van der Waals surface area contributed by atoms with Gasteiger partial charge in [-0.1, -0.05) is 13.8 Å². The van der Waals surface area contributed by atoms with Crippen LogP contribution in [0.1, 0.15) is 51.8 Å². The molecule has 108 valence electrons. The lowest BCUT2D eigenvalue weighted by Crippen LogP contribution is -2.43. The lowest BCUT2D eigenvalue weighted by Gasteiger charge is -2.39. The number of nitrogens with two attached hydrogens (primary N) is 1. The summed E-state index contributed by atoms with van der Waals surface area (Å²) in [7, 11) is 0. The van der Waals surface area contributed by atoms with Crippen molar-refractivity contribution in [3.05, 3.63) is 18.0 Å². The van der Waals surface area contributed by atoms with Crippen molar-refractivity contribution in [1.82, 2.24) is 14.7 Å². The van der Waals surface area contributed by atoms with Crippen molar-refractivity contribution in [2.75, 3.05) is 19.6 Å². The van der Waals surface area contributed by atoms with Crippen molar-refractivity contribution in [2.24, 2.45) is 17.6 Å². The third-order valence-corrected chi connectivity index (χ3v) is 4.56. The maximum Gasteiger partial charge on any atom is 0.0538 e. The zero-order chi connectivity index (χ0) is 14.0. The molecule has 1 aliphatic rings. The minimum absolute atomic E-state index is 0.322. The van der Waals surface area contributed by atoms with Gasteiger partial charge in [0.15, 0.2) is 0 Å². The Balaban J connectivity index is 2.10. The van der Waals surface area contributed by atoms with E-state index in [2.05, 4.69) is 43.9 Å². The predicted octanol–water partition coefficient (Wildman–Crippen LogP) is 2.44. The van der Waals surface area contributed by atoms with E-state index >= 15 is 0 Å². The van der Waals surface area contributed by atoms with Crippen molar-refractivity contribution in [3.8, 4) is 0 Å². The first-order valence-electron chi connectivity index (χ1n) is 7.51. The summed E-state index contributed by atoms with van der Waals surface area (Å²) in [4.78, 5) is 2.53. The Morgan fingerprint density at radius 2 is 2.11 bits per heavy atom. The molecule has 0 aromatic carbocycles. The Labute approximate surface area is 117 Å². The second kappa shape index (κ2) is 6.06. The average Bonchev–Trinajstić information content (AvgIpc) is 2.84. The Morgan fingerprint density at radius 3 is 2.63 bits per heavy atom. The van der Waals surface area contributed by atoms with Crippen molar-refractivity contribution in [2.45, 2.75) is 46.2 Å². The van der Waals surface area contributed by atoms with Gasteiger partial charge in [0.05, 0.1) is 12.2 Å². The molecule has 0 saturated carbocycles. The standard InChI is InChI=1S/C15H28N4/c1-11(2)19-10-14(8-17-19)15(7-16)18-6-5-12(3)13(4)9-18/h8,10-13,15H,5-7,9,16H2,1-4H3. The molecule has 2 heterocycles. The summed E-state index contributed by atoms with van der Waals surface area (Å²) < 4.78 is 2.02. The van der Waals surface area contributed by atoms with Crippen molar-refractivity contribution >= 4 is 0 Å². The number of nitrogens with zero attached hydrogens (tertiary/aromatic N) is 3. The van der Waals surface area contributed by atoms with Crippen LogP contribution in [0.25, 0.3) is 0 Å². The number of likely N-dealkylation sites (tertiary alicyclic amines) is 1. The molecule has 19 heavy (non-hydrogen) atoms. The molecule has 1 fully saturated rings. The summed E-state index contributed by atoms with van der Waals surface area (Å²) >= 11 is 0. The second-order valence-corrected chi connectivity index (χ2v) is 6.34. The van der Waals surface area contributed by atoms with Crippen molar-refractivity contribution < 1.29 is 0 Å². The minimum atomic E-state index is 0.322. The molecule has 1 aliphatic heterocycles. The molecule has 0 aliphatic carbocycles. The van der Waals surface area contributed by atoms with E-state index in [0.717, 1.165) is 24.9 Å². The first-order chi connectivity index (χ1) is 9.02. The number of hydrogen-bond acceptors (Lipinski definition) is 3. The van der Waals surface area contributed by atoms with E-state index in [1.54, 1.807) is 0 Å². The maximum absolute atomic E-state index is 6.02. The van der Waals surface area contributed by atoms with Gasteiger partial charge in [-0.2, -0.15) is 5.10 Å². The van der Waals surface area contributed by atoms with E-state index in [4.69, 9.17) is 5.73 Å². The fourth-order valence-corrected chi connectivity index (χ4v) is 2.88. The van der Waals surface area contributed by atoms with Gasteiger partial charge in [-0.25, -0.2) is 0 Å². The van der Waals surface area contributed by atoms with Crippen LogP contribution >= 0.6 is 0 Å². The van der Waals surface area contributed by atoms with Gasteiger partial charge in [-0.05, 0) is 38.6 Å². The third kappa shape index (κ3) is 3.18. The molecule has 0 amide bonds. The van der Waals surface area contributed by atoms with E-state index in [0.29, 0.717) is 18.6 Å². The molecule has 3 atom stereocenters. The van der Waals surface area contributed by atoms with Crippen LogP contribution in [0.5, 0.6) is 0 Å². The van der Waals surface area contributed by atoms with E-state index in [1.165, 1.54) is 12.0 Å². The van der Waals surface area contributed by atoms with Crippen LogP contribution < -0.4 is 5.73 Å². The molecule has 0 radical (unpaired) electrons. The summed E-state index contributed by atoms with van der Waals surface area (Å²) in [5, 5.41) is 4.45. The Morgan fingerprint density at radius 1 is 1.37 bits per heavy atom. The highest BCUT2D eigenvalue weighted by molar-refractivity contribution is 5.12. The van der Waals surface area contributed by atoms with E-state index in [1.807, 2.05) is 10.9 Å². The first kappa shape index (κ1) is 14.5. The molecule has 4 nitrogen and oxygen atoms in total. The summed E-state index contributed by atoms with van der Waals surface area (Å²) in [6.45, 7) is 12.0. The molecular formula is C15H28N4. The largest absolute Gasteiger partial charge is 0.329 e. The molecule has 4 heteroatoms. The van der Waals surface area contributed by atoms with Gasteiger partial charge in [-0.3, -0.25) is 9.58 Å². The topological polar surface area (TPSA) is 47.1 Å². The molecular weight excluding hydrogens is 236 g/mol. The average molecular weight is 264 g/mol.